The molecule has 2 aliphatic heterocycles. The minimum atomic E-state index is 0.160. The molecule has 0 aromatic carbocycles. The van der Waals surface area contributed by atoms with Crippen molar-refractivity contribution in [3.63, 3.8) is 0 Å². The lowest BCUT2D eigenvalue weighted by Crippen LogP contribution is -2.61. The van der Waals surface area contributed by atoms with Crippen molar-refractivity contribution in [2.75, 3.05) is 19.6 Å². The van der Waals surface area contributed by atoms with Gasteiger partial charge in [0.1, 0.15) is 4.88 Å². The third kappa shape index (κ3) is 2.39. The van der Waals surface area contributed by atoms with Crippen molar-refractivity contribution in [3.05, 3.63) is 37.5 Å². The fourth-order valence-electron chi connectivity index (χ4n) is 3.31. The Kier molecular flexibility index (Phi) is 3.55. The third-order valence-corrected chi connectivity index (χ3v) is 6.68. The maximum atomic E-state index is 12.5. The maximum Gasteiger partial charge on any atom is 0.265 e. The van der Waals surface area contributed by atoms with Gasteiger partial charge in [0.15, 0.2) is 0 Å². The van der Waals surface area contributed by atoms with Gasteiger partial charge >= 0.3 is 0 Å². The van der Waals surface area contributed by atoms with E-state index < -0.39 is 0 Å². The zero-order chi connectivity index (χ0) is 15.3. The first-order valence-electron chi connectivity index (χ1n) is 7.64. The molecular formula is C16H19N3OS2. The largest absolute Gasteiger partial charge is 0.335 e. The van der Waals surface area contributed by atoms with Gasteiger partial charge in [-0.2, -0.15) is 0 Å². The summed E-state index contributed by atoms with van der Waals surface area (Å²) >= 11 is 3.39. The first-order chi connectivity index (χ1) is 10.6. The summed E-state index contributed by atoms with van der Waals surface area (Å²) in [6.07, 6.45) is 1.16. The molecule has 0 radical (unpaired) electrons. The van der Waals surface area contributed by atoms with E-state index in [1.165, 1.54) is 16.9 Å². The van der Waals surface area contributed by atoms with E-state index in [-0.39, 0.29) is 5.91 Å². The normalized spacial score (nSPS) is 19.1. The van der Waals surface area contributed by atoms with Crippen molar-refractivity contribution in [1.82, 2.24) is 14.8 Å². The Bertz CT molecular complexity index is 715. The lowest BCUT2D eigenvalue weighted by molar-refractivity contribution is 0.0224. The van der Waals surface area contributed by atoms with Crippen LogP contribution < -0.4 is 0 Å². The smallest absolute Gasteiger partial charge is 0.265 e. The van der Waals surface area contributed by atoms with Crippen molar-refractivity contribution in [1.29, 1.82) is 0 Å². The SMILES string of the molecule is Cc1nc(C)c(C(=O)N2CC(N3CCc4sccc4C3)C2)s1. The monoisotopic (exact) mass is 333 g/mol. The quantitative estimate of drug-likeness (QED) is 0.848. The predicted octanol–water partition coefficient (Wildman–Crippen LogP) is 2.70. The summed E-state index contributed by atoms with van der Waals surface area (Å²) in [6, 6.07) is 2.77. The van der Waals surface area contributed by atoms with E-state index in [1.54, 1.807) is 4.88 Å². The van der Waals surface area contributed by atoms with Crippen LogP contribution in [0.25, 0.3) is 0 Å². The summed E-state index contributed by atoms with van der Waals surface area (Å²) in [5.41, 5.74) is 2.35. The van der Waals surface area contributed by atoms with Crippen LogP contribution in [0.1, 0.15) is 30.8 Å². The molecule has 2 aliphatic rings. The van der Waals surface area contributed by atoms with Crippen LogP contribution in [0.2, 0.25) is 0 Å². The van der Waals surface area contributed by atoms with Crippen molar-refractivity contribution in [2.45, 2.75) is 32.9 Å². The summed E-state index contributed by atoms with van der Waals surface area (Å²) < 4.78 is 0. The molecule has 4 rings (SSSR count). The van der Waals surface area contributed by atoms with Gasteiger partial charge in [-0.25, -0.2) is 4.98 Å². The van der Waals surface area contributed by atoms with Crippen LogP contribution in [0.3, 0.4) is 0 Å². The molecule has 4 nitrogen and oxygen atoms in total. The highest BCUT2D eigenvalue weighted by atomic mass is 32.1. The molecule has 0 aliphatic carbocycles. The zero-order valence-electron chi connectivity index (χ0n) is 12.8. The van der Waals surface area contributed by atoms with E-state index in [0.29, 0.717) is 6.04 Å². The van der Waals surface area contributed by atoms with Gasteiger partial charge in [0.25, 0.3) is 5.91 Å². The number of hydrogen-bond acceptors (Lipinski definition) is 5. The van der Waals surface area contributed by atoms with Gasteiger partial charge in [-0.3, -0.25) is 9.69 Å². The Hall–Kier alpha value is -1.24. The molecule has 0 unspecified atom stereocenters. The maximum absolute atomic E-state index is 12.5. The Morgan fingerprint density at radius 2 is 2.18 bits per heavy atom. The molecule has 0 spiro atoms. The van der Waals surface area contributed by atoms with Crippen LogP contribution in [0.15, 0.2) is 11.4 Å². The van der Waals surface area contributed by atoms with E-state index >= 15 is 0 Å². The Labute approximate surface area is 138 Å². The number of thiazole rings is 1. The van der Waals surface area contributed by atoms with Crippen LogP contribution in [0.5, 0.6) is 0 Å². The number of carbonyl (C=O) groups excluding carboxylic acids is 1. The van der Waals surface area contributed by atoms with Crippen molar-refractivity contribution in [3.8, 4) is 0 Å². The highest BCUT2D eigenvalue weighted by Gasteiger charge is 2.37. The number of aromatic nitrogens is 1. The van der Waals surface area contributed by atoms with E-state index in [4.69, 9.17) is 0 Å². The summed E-state index contributed by atoms with van der Waals surface area (Å²) in [5, 5.41) is 3.17. The number of thiophene rings is 1. The summed E-state index contributed by atoms with van der Waals surface area (Å²) in [4.78, 5) is 23.7. The highest BCUT2D eigenvalue weighted by Crippen LogP contribution is 2.29. The molecule has 2 aromatic heterocycles. The first kappa shape index (κ1) is 14.4. The van der Waals surface area contributed by atoms with Crippen molar-refractivity contribution in [2.24, 2.45) is 0 Å². The Morgan fingerprint density at radius 1 is 1.36 bits per heavy atom. The van der Waals surface area contributed by atoms with Crippen molar-refractivity contribution < 1.29 is 4.79 Å². The second kappa shape index (κ2) is 5.44. The number of likely N-dealkylation sites (tertiary alicyclic amines) is 1. The third-order valence-electron chi connectivity index (χ3n) is 4.60. The zero-order valence-corrected chi connectivity index (χ0v) is 14.5. The average molecular weight is 333 g/mol. The van der Waals surface area contributed by atoms with Gasteiger partial charge in [-0.05, 0) is 37.3 Å². The molecule has 0 N–H and O–H groups in total. The lowest BCUT2D eigenvalue weighted by Gasteiger charge is -2.46. The predicted molar refractivity (Wildman–Crippen MR) is 89.7 cm³/mol. The van der Waals surface area contributed by atoms with Crippen LogP contribution in [0, 0.1) is 13.8 Å². The number of rotatable bonds is 2. The minimum Gasteiger partial charge on any atom is -0.335 e. The molecule has 1 saturated heterocycles. The number of aryl methyl sites for hydroxylation is 2. The molecule has 1 amide bonds. The minimum absolute atomic E-state index is 0.160. The number of hydrogen-bond donors (Lipinski definition) is 0. The van der Waals surface area contributed by atoms with Crippen LogP contribution in [-0.4, -0.2) is 46.4 Å². The van der Waals surface area contributed by atoms with Crippen molar-refractivity contribution >= 4 is 28.6 Å². The molecule has 2 aromatic rings. The summed E-state index contributed by atoms with van der Waals surface area (Å²) in [6.45, 7) is 7.77. The van der Waals surface area contributed by atoms with Gasteiger partial charge in [0.2, 0.25) is 0 Å². The second-order valence-corrected chi connectivity index (χ2v) is 8.30. The van der Waals surface area contributed by atoms with E-state index in [0.717, 1.165) is 48.2 Å². The summed E-state index contributed by atoms with van der Waals surface area (Å²) in [7, 11) is 0. The molecule has 22 heavy (non-hydrogen) atoms. The average Bonchev–Trinajstić information content (AvgIpc) is 3.02. The standard InChI is InChI=1S/C16H19N3OS2/c1-10-15(22-11(2)17-10)16(20)19-8-13(9-19)18-5-3-14-12(7-18)4-6-21-14/h4,6,13H,3,5,7-9H2,1-2H3. The van der Waals surface area contributed by atoms with E-state index in [2.05, 4.69) is 21.3 Å². The molecule has 6 heteroatoms. The van der Waals surface area contributed by atoms with E-state index in [9.17, 15) is 4.79 Å². The van der Waals surface area contributed by atoms with Crippen LogP contribution in [-0.2, 0) is 13.0 Å². The fourth-order valence-corrected chi connectivity index (χ4v) is 5.08. The fraction of sp³-hybridized carbons (Fsp3) is 0.500. The number of amides is 1. The van der Waals surface area contributed by atoms with Crippen LogP contribution >= 0.6 is 22.7 Å². The Balaban J connectivity index is 1.38. The van der Waals surface area contributed by atoms with Gasteiger partial charge in [0.05, 0.1) is 10.7 Å². The van der Waals surface area contributed by atoms with Gasteiger partial charge in [0, 0.05) is 37.1 Å². The summed E-state index contributed by atoms with van der Waals surface area (Å²) in [5.74, 6) is 0.160. The molecule has 0 bridgehead atoms. The molecular weight excluding hydrogens is 314 g/mol. The number of carbonyl (C=O) groups is 1. The second-order valence-electron chi connectivity index (χ2n) is 6.10. The van der Waals surface area contributed by atoms with Crippen LogP contribution in [0.4, 0.5) is 0 Å². The Morgan fingerprint density at radius 3 is 2.91 bits per heavy atom. The molecule has 0 atom stereocenters. The first-order valence-corrected chi connectivity index (χ1v) is 9.34. The topological polar surface area (TPSA) is 36.4 Å². The number of fused-ring (bicyclic) bond motifs is 1. The van der Waals surface area contributed by atoms with Gasteiger partial charge < -0.3 is 4.90 Å². The highest BCUT2D eigenvalue weighted by molar-refractivity contribution is 7.13. The number of nitrogens with zero attached hydrogens (tertiary/aromatic N) is 3. The molecule has 116 valence electrons. The molecule has 0 saturated carbocycles. The molecule has 4 heterocycles. The van der Waals surface area contributed by atoms with E-state index in [1.807, 2.05) is 30.1 Å². The van der Waals surface area contributed by atoms with Gasteiger partial charge in [-0.1, -0.05) is 0 Å². The lowest BCUT2D eigenvalue weighted by atomic mass is 10.0. The van der Waals surface area contributed by atoms with Gasteiger partial charge in [-0.15, -0.1) is 22.7 Å². The molecule has 1 fully saturated rings.